The summed E-state index contributed by atoms with van der Waals surface area (Å²) in [5.41, 5.74) is 11.4. The smallest absolute Gasteiger partial charge is 0.167 e. The van der Waals surface area contributed by atoms with Crippen molar-refractivity contribution in [2.45, 2.75) is 51.4 Å². The normalized spacial score (nSPS) is 14.9. The highest BCUT2D eigenvalue weighted by Crippen LogP contribution is 2.47. The predicted molar refractivity (Wildman–Crippen MR) is 229 cm³/mol. The van der Waals surface area contributed by atoms with Gasteiger partial charge in [0.05, 0.1) is 5.56 Å². The number of hydrogen-bond donors (Lipinski definition) is 0. The topological polar surface area (TPSA) is 65.0 Å². The fraction of sp³-hybridized carbons (Fsp3) is 0.157. The van der Waals surface area contributed by atoms with Crippen molar-refractivity contribution in [1.82, 2.24) is 15.0 Å². The van der Waals surface area contributed by atoms with Gasteiger partial charge in [0.1, 0.15) is 22.3 Å². The van der Waals surface area contributed by atoms with Crippen LogP contribution in [-0.4, -0.2) is 15.0 Å². The lowest BCUT2D eigenvalue weighted by Crippen LogP contribution is -2.33. The number of furan rings is 2. The maximum atomic E-state index is 6.73. The van der Waals surface area contributed by atoms with Crippen molar-refractivity contribution in [1.29, 1.82) is 0 Å². The standard InChI is InChI=1S/C51H39N3O2/c1-50(2)25-26-51(3,4)41-29-33(21-23-40(41)50)32-22-24-43-39(28-32)35-14-9-16-38(46(35)56-43)49-53-47(34-20-19-30-11-5-6-12-31(30)27-34)52-48(54-49)37-15-10-18-44-45(37)36-13-7-8-17-42(36)55-44/h5-24,27-29H,25-26H2,1-4H3. The summed E-state index contributed by atoms with van der Waals surface area (Å²) < 4.78 is 13.0. The molecule has 0 spiro atoms. The van der Waals surface area contributed by atoms with E-state index in [4.69, 9.17) is 23.8 Å². The molecule has 0 radical (unpaired) electrons. The first-order chi connectivity index (χ1) is 27.2. The number of aromatic nitrogens is 3. The molecular weight excluding hydrogens is 687 g/mol. The van der Waals surface area contributed by atoms with Crippen LogP contribution in [0.25, 0.3) is 99.9 Å². The van der Waals surface area contributed by atoms with Gasteiger partial charge in [-0.05, 0) is 93.1 Å². The van der Waals surface area contributed by atoms with Gasteiger partial charge in [0.25, 0.3) is 0 Å². The van der Waals surface area contributed by atoms with Gasteiger partial charge in [-0.2, -0.15) is 0 Å². The second kappa shape index (κ2) is 12.0. The zero-order valence-corrected chi connectivity index (χ0v) is 31.9. The van der Waals surface area contributed by atoms with Gasteiger partial charge in [-0.3, -0.25) is 0 Å². The molecule has 5 heteroatoms. The predicted octanol–water partition coefficient (Wildman–Crippen LogP) is 13.8. The van der Waals surface area contributed by atoms with Crippen LogP contribution in [0.15, 0.2) is 148 Å². The van der Waals surface area contributed by atoms with Crippen molar-refractivity contribution >= 4 is 54.6 Å². The Balaban J connectivity index is 1.10. The first-order valence-corrected chi connectivity index (χ1v) is 19.5. The second-order valence-corrected chi connectivity index (χ2v) is 16.7. The summed E-state index contributed by atoms with van der Waals surface area (Å²) in [4.78, 5) is 15.6. The molecule has 270 valence electrons. The molecule has 0 saturated heterocycles. The first kappa shape index (κ1) is 32.8. The van der Waals surface area contributed by atoms with Crippen LogP contribution in [-0.2, 0) is 10.8 Å². The molecule has 7 aromatic carbocycles. The highest BCUT2D eigenvalue weighted by Gasteiger charge is 2.37. The summed E-state index contributed by atoms with van der Waals surface area (Å²) in [6, 6.07) is 48.8. The largest absolute Gasteiger partial charge is 0.456 e. The molecule has 10 aromatic rings. The highest BCUT2D eigenvalue weighted by molar-refractivity contribution is 6.12. The Hall–Kier alpha value is -6.59. The number of benzene rings is 7. The number of rotatable bonds is 4. The molecule has 3 aromatic heterocycles. The van der Waals surface area contributed by atoms with Gasteiger partial charge in [0, 0.05) is 32.7 Å². The third-order valence-corrected chi connectivity index (χ3v) is 12.2. The van der Waals surface area contributed by atoms with Crippen LogP contribution in [0.4, 0.5) is 0 Å². The van der Waals surface area contributed by atoms with Crippen LogP contribution in [0.5, 0.6) is 0 Å². The molecule has 0 atom stereocenters. The maximum Gasteiger partial charge on any atom is 0.167 e. The average Bonchev–Trinajstić information content (AvgIpc) is 3.80. The van der Waals surface area contributed by atoms with Gasteiger partial charge >= 0.3 is 0 Å². The molecule has 11 rings (SSSR count). The molecule has 0 bridgehead atoms. The third-order valence-electron chi connectivity index (χ3n) is 12.2. The van der Waals surface area contributed by atoms with E-state index in [0.717, 1.165) is 71.3 Å². The lowest BCUT2D eigenvalue weighted by Gasteiger charge is -2.42. The van der Waals surface area contributed by atoms with Crippen LogP contribution < -0.4 is 0 Å². The molecule has 0 fully saturated rings. The summed E-state index contributed by atoms with van der Waals surface area (Å²) in [6.07, 6.45) is 2.38. The molecule has 0 aliphatic heterocycles. The van der Waals surface area contributed by atoms with E-state index in [-0.39, 0.29) is 10.8 Å². The third kappa shape index (κ3) is 5.11. The van der Waals surface area contributed by atoms with Crippen LogP contribution in [0.1, 0.15) is 51.7 Å². The Morgan fingerprint density at radius 2 is 1.05 bits per heavy atom. The second-order valence-electron chi connectivity index (χ2n) is 16.7. The van der Waals surface area contributed by atoms with E-state index in [1.807, 2.05) is 30.3 Å². The minimum Gasteiger partial charge on any atom is -0.456 e. The molecule has 5 nitrogen and oxygen atoms in total. The summed E-state index contributed by atoms with van der Waals surface area (Å²) >= 11 is 0. The van der Waals surface area contributed by atoms with Crippen LogP contribution in [0.3, 0.4) is 0 Å². The van der Waals surface area contributed by atoms with Crippen molar-refractivity contribution in [2.75, 3.05) is 0 Å². The van der Waals surface area contributed by atoms with Gasteiger partial charge in [-0.25, -0.2) is 15.0 Å². The lowest BCUT2D eigenvalue weighted by molar-refractivity contribution is 0.332. The fourth-order valence-corrected chi connectivity index (χ4v) is 8.96. The Bertz CT molecular complexity index is 3220. The van der Waals surface area contributed by atoms with E-state index in [1.165, 1.54) is 35.1 Å². The first-order valence-electron chi connectivity index (χ1n) is 19.5. The van der Waals surface area contributed by atoms with Crippen molar-refractivity contribution < 1.29 is 8.83 Å². The molecule has 3 heterocycles. The van der Waals surface area contributed by atoms with Gasteiger partial charge in [0.2, 0.25) is 0 Å². The Labute approximate surface area is 324 Å². The molecule has 0 amide bonds. The Morgan fingerprint density at radius 1 is 0.429 bits per heavy atom. The van der Waals surface area contributed by atoms with E-state index < -0.39 is 0 Å². The summed E-state index contributed by atoms with van der Waals surface area (Å²) in [7, 11) is 0. The van der Waals surface area contributed by atoms with Gasteiger partial charge in [-0.15, -0.1) is 0 Å². The maximum absolute atomic E-state index is 6.73. The van der Waals surface area contributed by atoms with Crippen molar-refractivity contribution in [3.8, 4) is 45.3 Å². The molecule has 1 aliphatic carbocycles. The highest BCUT2D eigenvalue weighted by atomic mass is 16.3. The van der Waals surface area contributed by atoms with E-state index in [1.54, 1.807) is 0 Å². The minimum absolute atomic E-state index is 0.132. The van der Waals surface area contributed by atoms with E-state index >= 15 is 0 Å². The number of para-hydroxylation sites is 2. The summed E-state index contributed by atoms with van der Waals surface area (Å²) in [5, 5.41) is 6.38. The Morgan fingerprint density at radius 3 is 1.93 bits per heavy atom. The number of fused-ring (bicyclic) bond motifs is 8. The zero-order chi connectivity index (χ0) is 37.8. The van der Waals surface area contributed by atoms with E-state index in [9.17, 15) is 0 Å². The lowest BCUT2D eigenvalue weighted by atomic mass is 9.63. The number of hydrogen-bond acceptors (Lipinski definition) is 5. The average molecular weight is 726 g/mol. The van der Waals surface area contributed by atoms with Crippen molar-refractivity contribution in [3.05, 3.63) is 151 Å². The van der Waals surface area contributed by atoms with E-state index in [2.05, 4.69) is 137 Å². The summed E-state index contributed by atoms with van der Waals surface area (Å²) in [5.74, 6) is 1.71. The fourth-order valence-electron chi connectivity index (χ4n) is 8.96. The minimum atomic E-state index is 0.132. The summed E-state index contributed by atoms with van der Waals surface area (Å²) in [6.45, 7) is 9.52. The molecular formula is C51H39N3O2. The molecule has 0 saturated carbocycles. The van der Waals surface area contributed by atoms with Gasteiger partial charge in [0.15, 0.2) is 17.5 Å². The zero-order valence-electron chi connectivity index (χ0n) is 31.9. The van der Waals surface area contributed by atoms with Crippen LogP contribution >= 0.6 is 0 Å². The van der Waals surface area contributed by atoms with Crippen molar-refractivity contribution in [2.24, 2.45) is 0 Å². The Kier molecular flexibility index (Phi) is 7.00. The molecule has 0 unspecified atom stereocenters. The van der Waals surface area contributed by atoms with Crippen LogP contribution in [0, 0.1) is 0 Å². The van der Waals surface area contributed by atoms with Gasteiger partial charge in [-0.1, -0.05) is 131 Å². The van der Waals surface area contributed by atoms with Gasteiger partial charge < -0.3 is 8.83 Å². The van der Waals surface area contributed by atoms with Crippen LogP contribution in [0.2, 0.25) is 0 Å². The van der Waals surface area contributed by atoms with E-state index in [0.29, 0.717) is 17.5 Å². The van der Waals surface area contributed by atoms with Crippen molar-refractivity contribution in [3.63, 3.8) is 0 Å². The SMILES string of the molecule is CC1(C)CCC(C)(C)c2cc(-c3ccc4oc5c(-c6nc(-c7ccc8ccccc8c7)nc(-c7cccc8oc9ccccc9c78)n6)cccc5c4c3)ccc21. The molecule has 1 aliphatic rings. The quantitative estimate of drug-likeness (QED) is 0.181. The number of nitrogens with zero attached hydrogens (tertiary/aromatic N) is 3. The monoisotopic (exact) mass is 725 g/mol. The molecule has 0 N–H and O–H groups in total. The molecule has 56 heavy (non-hydrogen) atoms.